The summed E-state index contributed by atoms with van der Waals surface area (Å²) in [7, 11) is 1.50. The first-order valence-corrected chi connectivity index (χ1v) is 9.52. The average molecular weight is 414 g/mol. The number of carbonyl (C=O) groups is 3. The fourth-order valence-electron chi connectivity index (χ4n) is 2.49. The summed E-state index contributed by atoms with van der Waals surface area (Å²) in [4.78, 5) is 35.5. The number of carbonyl (C=O) groups excluding carboxylic acids is 3. The standard InChI is InChI=1S/C22H26N2O6/c1-16-10-11-19(28-2)18(13-16)24-20(25)14-23-21(26)15-30-22(27)9-6-12-29-17-7-4-3-5-8-17/h3-5,7-8,10-11,13H,6,9,12,14-15H2,1-2H3,(H,23,26)(H,24,25). The molecular weight excluding hydrogens is 388 g/mol. The summed E-state index contributed by atoms with van der Waals surface area (Å²) in [5.74, 6) is -0.236. The van der Waals surface area contributed by atoms with Gasteiger partial charge in [-0.15, -0.1) is 0 Å². The Balaban J connectivity index is 1.60. The van der Waals surface area contributed by atoms with Gasteiger partial charge in [-0.25, -0.2) is 0 Å². The summed E-state index contributed by atoms with van der Waals surface area (Å²) < 4.78 is 15.6. The highest BCUT2D eigenvalue weighted by molar-refractivity contribution is 5.96. The Morgan fingerprint density at radius 2 is 1.77 bits per heavy atom. The molecule has 0 aromatic heterocycles. The molecule has 2 amide bonds. The second kappa shape index (κ2) is 12.1. The molecule has 0 radical (unpaired) electrons. The number of benzene rings is 2. The molecular formula is C22H26N2O6. The summed E-state index contributed by atoms with van der Waals surface area (Å²) in [5, 5.41) is 5.08. The van der Waals surface area contributed by atoms with Crippen molar-refractivity contribution in [2.45, 2.75) is 19.8 Å². The molecule has 0 aliphatic rings. The molecule has 0 saturated carbocycles. The molecule has 0 heterocycles. The molecule has 0 fully saturated rings. The molecule has 2 N–H and O–H groups in total. The van der Waals surface area contributed by atoms with E-state index in [4.69, 9.17) is 14.2 Å². The van der Waals surface area contributed by atoms with E-state index >= 15 is 0 Å². The summed E-state index contributed by atoms with van der Waals surface area (Å²) in [6.07, 6.45) is 0.601. The second-order valence-corrected chi connectivity index (χ2v) is 6.45. The number of methoxy groups -OCH3 is 1. The van der Waals surface area contributed by atoms with Gasteiger partial charge in [0.25, 0.3) is 5.91 Å². The summed E-state index contributed by atoms with van der Waals surface area (Å²) in [6, 6.07) is 14.6. The smallest absolute Gasteiger partial charge is 0.306 e. The van der Waals surface area contributed by atoms with Crippen molar-refractivity contribution in [3.05, 3.63) is 54.1 Å². The van der Waals surface area contributed by atoms with E-state index in [9.17, 15) is 14.4 Å². The number of amides is 2. The largest absolute Gasteiger partial charge is 0.495 e. The Bertz CT molecular complexity index is 854. The van der Waals surface area contributed by atoms with Crippen LogP contribution in [0.1, 0.15) is 18.4 Å². The maximum atomic E-state index is 12.0. The van der Waals surface area contributed by atoms with E-state index in [1.807, 2.05) is 43.3 Å². The number of anilines is 1. The van der Waals surface area contributed by atoms with E-state index in [1.165, 1.54) is 7.11 Å². The van der Waals surface area contributed by atoms with Crippen LogP contribution in [0, 0.1) is 6.92 Å². The Labute approximate surface area is 175 Å². The lowest BCUT2D eigenvalue weighted by atomic mass is 10.2. The van der Waals surface area contributed by atoms with Crippen LogP contribution in [-0.4, -0.2) is 44.7 Å². The molecule has 0 aliphatic heterocycles. The first-order valence-electron chi connectivity index (χ1n) is 9.52. The van der Waals surface area contributed by atoms with Crippen molar-refractivity contribution in [2.24, 2.45) is 0 Å². The highest BCUT2D eigenvalue weighted by Gasteiger charge is 2.11. The highest BCUT2D eigenvalue weighted by atomic mass is 16.5. The zero-order chi connectivity index (χ0) is 21.8. The molecule has 8 nitrogen and oxygen atoms in total. The van der Waals surface area contributed by atoms with Crippen LogP contribution in [0.3, 0.4) is 0 Å². The van der Waals surface area contributed by atoms with Gasteiger partial charge in [-0.05, 0) is 43.2 Å². The van der Waals surface area contributed by atoms with Crippen LogP contribution in [0.5, 0.6) is 11.5 Å². The van der Waals surface area contributed by atoms with Gasteiger partial charge in [-0.3, -0.25) is 14.4 Å². The van der Waals surface area contributed by atoms with Crippen molar-refractivity contribution >= 4 is 23.5 Å². The topological polar surface area (TPSA) is 103 Å². The van der Waals surface area contributed by atoms with Gasteiger partial charge >= 0.3 is 5.97 Å². The molecule has 0 bridgehead atoms. The Morgan fingerprint density at radius 1 is 1.00 bits per heavy atom. The van der Waals surface area contributed by atoms with Crippen LogP contribution in [0.2, 0.25) is 0 Å². The van der Waals surface area contributed by atoms with Crippen LogP contribution >= 0.6 is 0 Å². The molecule has 0 unspecified atom stereocenters. The van der Waals surface area contributed by atoms with E-state index in [-0.39, 0.29) is 13.0 Å². The SMILES string of the molecule is COc1ccc(C)cc1NC(=O)CNC(=O)COC(=O)CCCOc1ccccc1. The number of hydrogen-bond donors (Lipinski definition) is 2. The molecule has 2 aromatic rings. The Morgan fingerprint density at radius 3 is 2.50 bits per heavy atom. The zero-order valence-corrected chi connectivity index (χ0v) is 17.1. The lowest BCUT2D eigenvalue weighted by Gasteiger charge is -2.11. The maximum Gasteiger partial charge on any atom is 0.306 e. The van der Waals surface area contributed by atoms with E-state index in [1.54, 1.807) is 12.1 Å². The molecule has 160 valence electrons. The molecule has 0 spiro atoms. The van der Waals surface area contributed by atoms with E-state index < -0.39 is 24.4 Å². The van der Waals surface area contributed by atoms with Crippen molar-refractivity contribution in [3.8, 4) is 11.5 Å². The van der Waals surface area contributed by atoms with E-state index in [0.717, 1.165) is 11.3 Å². The van der Waals surface area contributed by atoms with Crippen LogP contribution in [-0.2, 0) is 19.1 Å². The van der Waals surface area contributed by atoms with E-state index in [0.29, 0.717) is 24.5 Å². The molecule has 30 heavy (non-hydrogen) atoms. The first-order chi connectivity index (χ1) is 14.5. The van der Waals surface area contributed by atoms with Gasteiger partial charge in [-0.1, -0.05) is 24.3 Å². The normalized spacial score (nSPS) is 10.1. The summed E-state index contributed by atoms with van der Waals surface area (Å²) >= 11 is 0. The fourth-order valence-corrected chi connectivity index (χ4v) is 2.49. The van der Waals surface area contributed by atoms with Crippen LogP contribution in [0.15, 0.2) is 48.5 Å². The molecule has 0 atom stereocenters. The number of esters is 1. The van der Waals surface area contributed by atoms with Gasteiger partial charge in [-0.2, -0.15) is 0 Å². The molecule has 2 rings (SSSR count). The summed E-state index contributed by atoms with van der Waals surface area (Å²) in [5.41, 5.74) is 1.47. The van der Waals surface area contributed by atoms with Crippen LogP contribution in [0.25, 0.3) is 0 Å². The Kier molecular flexibility index (Phi) is 9.18. The van der Waals surface area contributed by atoms with Crippen molar-refractivity contribution in [1.82, 2.24) is 5.32 Å². The predicted octanol–water partition coefficient (Wildman–Crippen LogP) is 2.46. The number of hydrogen-bond acceptors (Lipinski definition) is 6. The summed E-state index contributed by atoms with van der Waals surface area (Å²) in [6.45, 7) is 1.56. The number of para-hydroxylation sites is 1. The van der Waals surface area contributed by atoms with Crippen molar-refractivity contribution in [2.75, 3.05) is 32.2 Å². The molecule has 2 aromatic carbocycles. The van der Waals surface area contributed by atoms with Gasteiger partial charge in [0.05, 0.1) is 25.9 Å². The Hall–Kier alpha value is -3.55. The fraction of sp³-hybridized carbons (Fsp3) is 0.318. The minimum absolute atomic E-state index is 0.133. The number of aryl methyl sites for hydroxylation is 1. The lowest BCUT2D eigenvalue weighted by molar-refractivity contribution is -0.148. The molecule has 8 heteroatoms. The maximum absolute atomic E-state index is 12.0. The molecule has 0 saturated heterocycles. The molecule has 0 aliphatic carbocycles. The van der Waals surface area contributed by atoms with Crippen LogP contribution < -0.4 is 20.1 Å². The van der Waals surface area contributed by atoms with Gasteiger partial charge in [0, 0.05) is 6.42 Å². The van der Waals surface area contributed by atoms with Gasteiger partial charge in [0.15, 0.2) is 6.61 Å². The highest BCUT2D eigenvalue weighted by Crippen LogP contribution is 2.24. The first kappa shape index (κ1) is 22.7. The zero-order valence-electron chi connectivity index (χ0n) is 17.1. The van der Waals surface area contributed by atoms with Crippen molar-refractivity contribution < 1.29 is 28.6 Å². The average Bonchev–Trinajstić information content (AvgIpc) is 2.75. The van der Waals surface area contributed by atoms with Gasteiger partial charge in [0.1, 0.15) is 11.5 Å². The number of nitrogens with one attached hydrogen (secondary N) is 2. The number of rotatable bonds is 11. The minimum atomic E-state index is -0.560. The lowest BCUT2D eigenvalue weighted by Crippen LogP contribution is -2.35. The van der Waals surface area contributed by atoms with Gasteiger partial charge in [0.2, 0.25) is 5.91 Å². The quantitative estimate of drug-likeness (QED) is 0.433. The third kappa shape index (κ3) is 8.22. The van der Waals surface area contributed by atoms with Crippen molar-refractivity contribution in [3.63, 3.8) is 0 Å². The second-order valence-electron chi connectivity index (χ2n) is 6.45. The van der Waals surface area contributed by atoms with E-state index in [2.05, 4.69) is 10.6 Å². The third-order valence-electron chi connectivity index (χ3n) is 3.98. The minimum Gasteiger partial charge on any atom is -0.495 e. The predicted molar refractivity (Wildman–Crippen MR) is 112 cm³/mol. The van der Waals surface area contributed by atoms with Crippen LogP contribution in [0.4, 0.5) is 5.69 Å². The van der Waals surface area contributed by atoms with Crippen molar-refractivity contribution in [1.29, 1.82) is 0 Å². The number of ether oxygens (including phenoxy) is 3. The monoisotopic (exact) mass is 414 g/mol. The third-order valence-corrected chi connectivity index (χ3v) is 3.98. The van der Waals surface area contributed by atoms with Gasteiger partial charge < -0.3 is 24.8 Å².